The summed E-state index contributed by atoms with van der Waals surface area (Å²) in [6, 6.07) is 23.9. The van der Waals surface area contributed by atoms with Crippen molar-refractivity contribution in [1.29, 1.82) is 0 Å². The van der Waals surface area contributed by atoms with Crippen LogP contribution in [0, 0.1) is 0 Å². The van der Waals surface area contributed by atoms with Gasteiger partial charge in [-0.3, -0.25) is 4.79 Å². The molecule has 7 N–H and O–H groups in total. The van der Waals surface area contributed by atoms with Gasteiger partial charge in [0.1, 0.15) is 0 Å². The van der Waals surface area contributed by atoms with Gasteiger partial charge in [-0.05, 0) is 79.1 Å². The van der Waals surface area contributed by atoms with E-state index >= 15 is 0 Å². The molecule has 3 aromatic carbocycles. The van der Waals surface area contributed by atoms with Gasteiger partial charge in [0, 0.05) is 61.0 Å². The normalized spacial score (nSPS) is 10.5. The molecular formula is C26H33N5O2. The third kappa shape index (κ3) is 8.29. The highest BCUT2D eigenvalue weighted by Crippen LogP contribution is 2.18. The zero-order valence-electron chi connectivity index (χ0n) is 18.8. The van der Waals surface area contributed by atoms with Crippen molar-refractivity contribution in [2.24, 2.45) is 0 Å². The first-order valence-corrected chi connectivity index (χ1v) is 11.2. The van der Waals surface area contributed by atoms with Crippen LogP contribution in [-0.4, -0.2) is 37.3 Å². The number of carboxylic acids is 1. The Morgan fingerprint density at radius 3 is 1.70 bits per heavy atom. The topological polar surface area (TPSA) is 117 Å². The van der Waals surface area contributed by atoms with Crippen LogP contribution in [0.4, 0.5) is 28.4 Å². The van der Waals surface area contributed by atoms with Crippen molar-refractivity contribution in [2.75, 3.05) is 53.2 Å². The van der Waals surface area contributed by atoms with Crippen molar-refractivity contribution in [2.45, 2.75) is 19.3 Å². The zero-order valence-corrected chi connectivity index (χ0v) is 18.8. The van der Waals surface area contributed by atoms with E-state index < -0.39 is 5.97 Å². The van der Waals surface area contributed by atoms with E-state index in [0.29, 0.717) is 6.42 Å². The highest BCUT2D eigenvalue weighted by molar-refractivity contribution is 5.66. The molecule has 0 aliphatic carbocycles. The summed E-state index contributed by atoms with van der Waals surface area (Å²) in [5.74, 6) is -0.750. The highest BCUT2D eigenvalue weighted by Gasteiger charge is 2.07. The number of carboxylic acid groups (broad SMARTS) is 1. The van der Waals surface area contributed by atoms with Crippen LogP contribution >= 0.6 is 0 Å². The van der Waals surface area contributed by atoms with E-state index in [4.69, 9.17) is 16.6 Å². The molecule has 174 valence electrons. The van der Waals surface area contributed by atoms with E-state index in [9.17, 15) is 4.79 Å². The second-order valence-corrected chi connectivity index (χ2v) is 8.00. The Kier molecular flexibility index (Phi) is 8.82. The number of carbonyl (C=O) groups is 1. The maximum absolute atomic E-state index is 10.7. The number of nitrogen functional groups attached to an aromatic ring is 2. The fraction of sp³-hybridized carbons (Fsp3) is 0.269. The van der Waals surface area contributed by atoms with Gasteiger partial charge in [0.05, 0.1) is 0 Å². The molecule has 0 spiro atoms. The predicted molar refractivity (Wildman–Crippen MR) is 138 cm³/mol. The minimum absolute atomic E-state index is 0.196. The van der Waals surface area contributed by atoms with Crippen LogP contribution in [0.3, 0.4) is 0 Å². The van der Waals surface area contributed by atoms with Gasteiger partial charge in [-0.2, -0.15) is 0 Å². The first-order chi connectivity index (χ1) is 16.0. The summed E-state index contributed by atoms with van der Waals surface area (Å²) in [5, 5.41) is 15.7. The molecule has 7 nitrogen and oxygen atoms in total. The number of anilines is 5. The van der Waals surface area contributed by atoms with E-state index in [1.165, 1.54) is 0 Å². The Labute approximate surface area is 195 Å². The van der Waals surface area contributed by atoms with Crippen molar-refractivity contribution >= 4 is 34.4 Å². The molecule has 0 unspecified atom stereocenters. The second-order valence-electron chi connectivity index (χ2n) is 8.00. The molecule has 3 aromatic rings. The summed E-state index contributed by atoms with van der Waals surface area (Å²) in [7, 11) is 0. The average molecular weight is 448 g/mol. The molecule has 0 fully saturated rings. The maximum Gasteiger partial charge on any atom is 0.303 e. The third-order valence-corrected chi connectivity index (χ3v) is 5.40. The molecule has 0 radical (unpaired) electrons. The van der Waals surface area contributed by atoms with Crippen LogP contribution in [0.5, 0.6) is 0 Å². The lowest BCUT2D eigenvalue weighted by atomic mass is 10.1. The van der Waals surface area contributed by atoms with Crippen molar-refractivity contribution in [3.05, 3.63) is 78.4 Å². The molecule has 3 rings (SSSR count). The van der Waals surface area contributed by atoms with Crippen LogP contribution in [0.25, 0.3) is 0 Å². The number of hydrogen-bond donors (Lipinski definition) is 5. The molecule has 0 aromatic heterocycles. The Morgan fingerprint density at radius 2 is 1.24 bits per heavy atom. The van der Waals surface area contributed by atoms with Gasteiger partial charge in [0.15, 0.2) is 0 Å². The lowest BCUT2D eigenvalue weighted by molar-refractivity contribution is -0.137. The third-order valence-electron chi connectivity index (χ3n) is 5.40. The monoisotopic (exact) mass is 447 g/mol. The summed E-state index contributed by atoms with van der Waals surface area (Å²) >= 11 is 0. The van der Waals surface area contributed by atoms with Crippen LogP contribution in [-0.2, 0) is 11.2 Å². The van der Waals surface area contributed by atoms with Crippen LogP contribution in [0.15, 0.2) is 72.8 Å². The number of nitrogens with one attached hydrogen (secondary N) is 2. The predicted octanol–water partition coefficient (Wildman–Crippen LogP) is 4.29. The summed E-state index contributed by atoms with van der Waals surface area (Å²) in [4.78, 5) is 13.1. The first kappa shape index (κ1) is 23.8. The van der Waals surface area contributed by atoms with Crippen molar-refractivity contribution in [3.8, 4) is 0 Å². The summed E-state index contributed by atoms with van der Waals surface area (Å²) in [5.41, 5.74) is 17.4. The molecule has 0 saturated heterocycles. The van der Waals surface area contributed by atoms with E-state index in [-0.39, 0.29) is 6.42 Å². The molecule has 0 heterocycles. The highest BCUT2D eigenvalue weighted by atomic mass is 16.4. The van der Waals surface area contributed by atoms with Gasteiger partial charge in [-0.15, -0.1) is 0 Å². The Bertz CT molecular complexity index is 937. The second kappa shape index (κ2) is 12.2. The standard InChI is InChI=1S/C26H33N5O2/c27-21-6-10-23(11-7-21)29-16-18-31(19-17-30-24-12-8-22(28)9-13-24)25-14-4-20(5-15-25)2-1-3-26(32)33/h4-15,29-30H,1-3,16-19,27-28H2,(H,32,33). The molecule has 0 bridgehead atoms. The Hall–Kier alpha value is -3.87. The SMILES string of the molecule is Nc1ccc(NCCN(CCNc2ccc(N)cc2)c2ccc(CCCC(=O)O)cc2)cc1. The van der Waals surface area contributed by atoms with Crippen molar-refractivity contribution < 1.29 is 9.90 Å². The van der Waals surface area contributed by atoms with Gasteiger partial charge < -0.3 is 32.1 Å². The molecule has 7 heteroatoms. The smallest absolute Gasteiger partial charge is 0.303 e. The molecule has 0 amide bonds. The van der Waals surface area contributed by atoms with Gasteiger partial charge in [0.2, 0.25) is 0 Å². The lowest BCUT2D eigenvalue weighted by Crippen LogP contribution is -2.33. The van der Waals surface area contributed by atoms with Gasteiger partial charge in [0.25, 0.3) is 0 Å². The number of hydrogen-bond acceptors (Lipinski definition) is 6. The van der Waals surface area contributed by atoms with Gasteiger partial charge in [-0.25, -0.2) is 0 Å². The fourth-order valence-electron chi connectivity index (χ4n) is 3.56. The van der Waals surface area contributed by atoms with E-state index in [1.807, 2.05) is 48.5 Å². The van der Waals surface area contributed by atoms with E-state index in [2.05, 4.69) is 39.8 Å². The summed E-state index contributed by atoms with van der Waals surface area (Å²) in [6.45, 7) is 3.22. The molecular weight excluding hydrogens is 414 g/mol. The van der Waals surface area contributed by atoms with Crippen molar-refractivity contribution in [3.63, 3.8) is 0 Å². The number of aryl methyl sites for hydroxylation is 1. The minimum atomic E-state index is -0.750. The van der Waals surface area contributed by atoms with Crippen LogP contribution < -0.4 is 27.0 Å². The van der Waals surface area contributed by atoms with Gasteiger partial charge in [-0.1, -0.05) is 12.1 Å². The number of benzene rings is 3. The van der Waals surface area contributed by atoms with Crippen molar-refractivity contribution in [1.82, 2.24) is 0 Å². The summed E-state index contributed by atoms with van der Waals surface area (Å²) < 4.78 is 0. The molecule has 0 saturated carbocycles. The molecule has 0 aliphatic heterocycles. The number of aliphatic carboxylic acids is 1. The lowest BCUT2D eigenvalue weighted by Gasteiger charge is -2.26. The fourth-order valence-corrected chi connectivity index (χ4v) is 3.56. The molecule has 0 atom stereocenters. The number of rotatable bonds is 13. The minimum Gasteiger partial charge on any atom is -0.481 e. The maximum atomic E-state index is 10.7. The summed E-state index contributed by atoms with van der Waals surface area (Å²) in [6.07, 6.45) is 1.61. The average Bonchev–Trinajstić information content (AvgIpc) is 2.81. The Morgan fingerprint density at radius 1 is 0.758 bits per heavy atom. The quantitative estimate of drug-likeness (QED) is 0.248. The number of nitrogens with two attached hydrogens (primary N) is 2. The van der Waals surface area contributed by atoms with E-state index in [1.54, 1.807) is 0 Å². The Balaban J connectivity index is 1.58. The number of nitrogens with zero attached hydrogens (tertiary/aromatic N) is 1. The van der Waals surface area contributed by atoms with E-state index in [0.717, 1.165) is 66.6 Å². The van der Waals surface area contributed by atoms with Gasteiger partial charge >= 0.3 is 5.97 Å². The van der Waals surface area contributed by atoms with Crippen LogP contribution in [0.1, 0.15) is 18.4 Å². The van der Waals surface area contributed by atoms with Crippen LogP contribution in [0.2, 0.25) is 0 Å². The first-order valence-electron chi connectivity index (χ1n) is 11.2. The zero-order chi connectivity index (χ0) is 23.5. The largest absolute Gasteiger partial charge is 0.481 e. The molecule has 0 aliphatic rings. The molecule has 33 heavy (non-hydrogen) atoms.